The molecule has 0 spiro atoms. The highest BCUT2D eigenvalue weighted by molar-refractivity contribution is 6.19. The maximum atomic E-state index is 6.70. The van der Waals surface area contributed by atoms with Crippen LogP contribution in [0.2, 0.25) is 0 Å². The minimum atomic E-state index is 0.621. The lowest BCUT2D eigenvalue weighted by Gasteiger charge is -2.18. The molecule has 0 aliphatic heterocycles. The Kier molecular flexibility index (Phi) is 6.65. The molecule has 2 aliphatic carbocycles. The van der Waals surface area contributed by atoms with Crippen molar-refractivity contribution in [3.8, 4) is 67.5 Å². The van der Waals surface area contributed by atoms with Crippen LogP contribution in [0.4, 0.5) is 0 Å². The zero-order chi connectivity index (χ0) is 34.9. The normalized spacial score (nSPS) is 12.9. The van der Waals surface area contributed by atoms with Gasteiger partial charge in [0.1, 0.15) is 11.3 Å². The van der Waals surface area contributed by atoms with E-state index in [9.17, 15) is 0 Å². The van der Waals surface area contributed by atoms with Gasteiger partial charge in [0.2, 0.25) is 0 Å². The van der Waals surface area contributed by atoms with Gasteiger partial charge < -0.3 is 4.42 Å². The molecule has 2 aliphatic rings. The number of rotatable bonds is 5. The fraction of sp³-hybridized carbons (Fsp3) is 0.0408. The van der Waals surface area contributed by atoms with Gasteiger partial charge in [-0.1, -0.05) is 158 Å². The molecule has 0 atom stereocenters. The summed E-state index contributed by atoms with van der Waals surface area (Å²) in [4.78, 5) is 15.4. The van der Waals surface area contributed by atoms with E-state index in [2.05, 4.69) is 133 Å². The summed E-state index contributed by atoms with van der Waals surface area (Å²) in [5, 5.41) is 3.62. The van der Waals surface area contributed by atoms with Crippen LogP contribution in [0, 0.1) is 0 Å². The van der Waals surface area contributed by atoms with Gasteiger partial charge in [0.05, 0.1) is 0 Å². The zero-order valence-electron chi connectivity index (χ0n) is 28.8. The van der Waals surface area contributed by atoms with Crippen LogP contribution in [0.5, 0.6) is 0 Å². The minimum Gasteiger partial charge on any atom is -0.460 e. The van der Waals surface area contributed by atoms with Gasteiger partial charge in [-0.15, -0.1) is 0 Å². The fourth-order valence-corrected chi connectivity index (χ4v) is 8.37. The SMILES string of the molecule is C1=C(c2ccc3c4c(cccc24)-c2ccccc2-3)c2c(oc3cccc(-c4nc(-c5ccccc5)nc(-c5ccc(-c6ccccc6)cc5)n4)c23)CC1. The van der Waals surface area contributed by atoms with Gasteiger partial charge in [0.15, 0.2) is 17.5 Å². The Balaban J connectivity index is 1.10. The first-order valence-corrected chi connectivity index (χ1v) is 18.2. The molecule has 0 radical (unpaired) electrons. The van der Waals surface area contributed by atoms with Crippen LogP contribution >= 0.6 is 0 Å². The number of fused-ring (bicyclic) bond motifs is 6. The van der Waals surface area contributed by atoms with E-state index in [0.29, 0.717) is 17.5 Å². The molecule has 248 valence electrons. The molecule has 2 aromatic heterocycles. The van der Waals surface area contributed by atoms with Gasteiger partial charge in [0, 0.05) is 34.1 Å². The largest absolute Gasteiger partial charge is 0.460 e. The van der Waals surface area contributed by atoms with Crippen LogP contribution in [0.15, 0.2) is 168 Å². The van der Waals surface area contributed by atoms with Gasteiger partial charge in [-0.3, -0.25) is 0 Å². The molecule has 0 amide bonds. The summed E-state index contributed by atoms with van der Waals surface area (Å²) < 4.78 is 6.70. The van der Waals surface area contributed by atoms with Gasteiger partial charge in [0.25, 0.3) is 0 Å². The van der Waals surface area contributed by atoms with Crippen molar-refractivity contribution in [2.45, 2.75) is 12.8 Å². The van der Waals surface area contributed by atoms with Crippen LogP contribution in [-0.4, -0.2) is 15.0 Å². The summed E-state index contributed by atoms with van der Waals surface area (Å²) in [5.41, 5.74) is 14.7. The first kappa shape index (κ1) is 29.8. The first-order chi connectivity index (χ1) is 26.3. The van der Waals surface area contributed by atoms with E-state index in [1.807, 2.05) is 30.3 Å². The summed E-state index contributed by atoms with van der Waals surface area (Å²) in [7, 11) is 0. The number of hydrogen-bond donors (Lipinski definition) is 0. The second kappa shape index (κ2) is 11.8. The van der Waals surface area contributed by atoms with Crippen molar-refractivity contribution in [3.63, 3.8) is 0 Å². The van der Waals surface area contributed by atoms with Crippen molar-refractivity contribution in [3.05, 3.63) is 181 Å². The van der Waals surface area contributed by atoms with Gasteiger partial charge in [-0.05, 0) is 67.8 Å². The molecular formula is C49H31N3O. The Morgan fingerprint density at radius 2 is 0.943 bits per heavy atom. The monoisotopic (exact) mass is 677 g/mol. The van der Waals surface area contributed by atoms with Crippen LogP contribution in [0.1, 0.15) is 23.3 Å². The minimum absolute atomic E-state index is 0.621. The van der Waals surface area contributed by atoms with Gasteiger partial charge >= 0.3 is 0 Å². The molecule has 2 heterocycles. The number of furan rings is 1. The quantitative estimate of drug-likeness (QED) is 0.182. The molecule has 53 heavy (non-hydrogen) atoms. The van der Waals surface area contributed by atoms with Crippen LogP contribution in [0.25, 0.3) is 94.9 Å². The maximum absolute atomic E-state index is 6.70. The predicted molar refractivity (Wildman–Crippen MR) is 215 cm³/mol. The van der Waals surface area contributed by atoms with Crippen molar-refractivity contribution in [2.75, 3.05) is 0 Å². The summed E-state index contributed by atoms with van der Waals surface area (Å²) >= 11 is 0. The number of benzene rings is 7. The molecule has 0 saturated heterocycles. The molecule has 0 fully saturated rings. The third kappa shape index (κ3) is 4.73. The molecule has 11 rings (SSSR count). The summed E-state index contributed by atoms with van der Waals surface area (Å²) in [6.07, 6.45) is 4.14. The van der Waals surface area contributed by atoms with Crippen LogP contribution < -0.4 is 0 Å². The average molecular weight is 678 g/mol. The maximum Gasteiger partial charge on any atom is 0.164 e. The van der Waals surface area contributed by atoms with Crippen molar-refractivity contribution in [1.29, 1.82) is 0 Å². The Morgan fingerprint density at radius 3 is 1.70 bits per heavy atom. The summed E-state index contributed by atoms with van der Waals surface area (Å²) in [6, 6.07) is 55.4. The highest BCUT2D eigenvalue weighted by atomic mass is 16.3. The number of aromatic nitrogens is 3. The van der Waals surface area contributed by atoms with Crippen molar-refractivity contribution in [1.82, 2.24) is 15.0 Å². The molecule has 0 saturated carbocycles. The molecule has 4 heteroatoms. The van der Waals surface area contributed by atoms with Gasteiger partial charge in [-0.2, -0.15) is 0 Å². The summed E-state index contributed by atoms with van der Waals surface area (Å²) in [6.45, 7) is 0. The molecule has 0 unspecified atom stereocenters. The summed E-state index contributed by atoms with van der Waals surface area (Å²) in [5.74, 6) is 2.89. The Labute approximate surface area is 306 Å². The van der Waals surface area contributed by atoms with Crippen molar-refractivity contribution in [2.24, 2.45) is 0 Å². The van der Waals surface area contributed by atoms with E-state index in [4.69, 9.17) is 19.4 Å². The zero-order valence-corrected chi connectivity index (χ0v) is 28.8. The molecule has 0 bridgehead atoms. The highest BCUT2D eigenvalue weighted by Crippen LogP contribution is 2.51. The van der Waals surface area contributed by atoms with E-state index >= 15 is 0 Å². The van der Waals surface area contributed by atoms with E-state index in [1.54, 1.807) is 0 Å². The van der Waals surface area contributed by atoms with E-state index < -0.39 is 0 Å². The number of nitrogens with zero attached hydrogens (tertiary/aromatic N) is 3. The lowest BCUT2D eigenvalue weighted by atomic mass is 9.85. The molecule has 9 aromatic rings. The lowest BCUT2D eigenvalue weighted by Crippen LogP contribution is -2.02. The Hall–Kier alpha value is -6.91. The van der Waals surface area contributed by atoms with E-state index in [1.165, 1.54) is 49.7 Å². The van der Waals surface area contributed by atoms with Gasteiger partial charge in [-0.25, -0.2) is 15.0 Å². The number of allylic oxidation sites excluding steroid dienone is 1. The second-order valence-corrected chi connectivity index (χ2v) is 13.8. The van der Waals surface area contributed by atoms with Crippen LogP contribution in [-0.2, 0) is 6.42 Å². The Morgan fingerprint density at radius 1 is 0.396 bits per heavy atom. The molecule has 7 aromatic carbocycles. The standard InChI is InChI=1S/C49H31N3O/c1-3-12-30(13-4-1)31-24-26-33(27-25-31)48-50-47(32-14-5-2-6-15-32)51-49(52-48)41-21-11-23-43-46(41)45-39(20-10-22-42(45)53-43)36-28-29-40-35-17-8-7-16-34(35)37-18-9-19-38(36)44(37)40/h1-9,11-21,23-29H,10,22H2. The third-order valence-electron chi connectivity index (χ3n) is 10.8. The topological polar surface area (TPSA) is 51.8 Å². The molecular weight excluding hydrogens is 647 g/mol. The first-order valence-electron chi connectivity index (χ1n) is 18.2. The Bertz CT molecular complexity index is 2890. The van der Waals surface area contributed by atoms with Crippen molar-refractivity contribution >= 4 is 27.3 Å². The number of hydrogen-bond acceptors (Lipinski definition) is 4. The third-order valence-corrected chi connectivity index (χ3v) is 10.8. The predicted octanol–water partition coefficient (Wildman–Crippen LogP) is 12.5. The lowest BCUT2D eigenvalue weighted by molar-refractivity contribution is 0.545. The van der Waals surface area contributed by atoms with E-state index in [0.717, 1.165) is 57.4 Å². The second-order valence-electron chi connectivity index (χ2n) is 13.8. The highest BCUT2D eigenvalue weighted by Gasteiger charge is 2.29. The van der Waals surface area contributed by atoms with E-state index in [-0.39, 0.29) is 0 Å². The fourth-order valence-electron chi connectivity index (χ4n) is 8.37. The van der Waals surface area contributed by atoms with Crippen LogP contribution in [0.3, 0.4) is 0 Å². The molecule has 0 N–H and O–H groups in total. The van der Waals surface area contributed by atoms with Crippen molar-refractivity contribution < 1.29 is 4.42 Å². The smallest absolute Gasteiger partial charge is 0.164 e. The molecule has 4 nitrogen and oxygen atoms in total. The number of aryl methyl sites for hydroxylation is 1. The average Bonchev–Trinajstić information content (AvgIpc) is 3.79.